The lowest BCUT2D eigenvalue weighted by atomic mass is 10.0. The van der Waals surface area contributed by atoms with Crippen molar-refractivity contribution in [1.82, 2.24) is 0 Å². The standard InChI is InChI=1S/C15H19NOS/c1-3-13(18-14-9-10-17-11(14)2)15(16)12-7-5-4-6-8-12/h4-10,13,15H,3,16H2,1-2H3. The van der Waals surface area contributed by atoms with Gasteiger partial charge in [0, 0.05) is 16.2 Å². The van der Waals surface area contributed by atoms with E-state index in [1.54, 1.807) is 18.0 Å². The Balaban J connectivity index is 2.12. The minimum atomic E-state index is 0.0514. The lowest BCUT2D eigenvalue weighted by Crippen LogP contribution is -2.23. The van der Waals surface area contributed by atoms with Gasteiger partial charge in [-0.1, -0.05) is 37.3 Å². The molecule has 0 saturated heterocycles. The van der Waals surface area contributed by atoms with Crippen LogP contribution in [0.1, 0.15) is 30.7 Å². The van der Waals surface area contributed by atoms with Crippen LogP contribution in [0.3, 0.4) is 0 Å². The molecule has 0 aliphatic carbocycles. The Morgan fingerprint density at radius 2 is 1.94 bits per heavy atom. The predicted octanol–water partition coefficient (Wildman–Crippen LogP) is 4.16. The normalized spacial score (nSPS) is 14.4. The SMILES string of the molecule is CCC(Sc1ccoc1C)C(N)c1ccccc1. The van der Waals surface area contributed by atoms with E-state index in [4.69, 9.17) is 10.2 Å². The van der Waals surface area contributed by atoms with Crippen LogP contribution in [-0.2, 0) is 0 Å². The smallest absolute Gasteiger partial charge is 0.114 e. The number of thioether (sulfide) groups is 1. The molecule has 2 N–H and O–H groups in total. The van der Waals surface area contributed by atoms with Crippen molar-refractivity contribution in [2.75, 3.05) is 0 Å². The lowest BCUT2D eigenvalue weighted by molar-refractivity contribution is 0.526. The van der Waals surface area contributed by atoms with Crippen molar-refractivity contribution in [3.63, 3.8) is 0 Å². The second-order valence-electron chi connectivity index (χ2n) is 4.34. The minimum Gasteiger partial charge on any atom is -0.468 e. The van der Waals surface area contributed by atoms with E-state index < -0.39 is 0 Å². The number of hydrogen-bond donors (Lipinski definition) is 1. The Labute approximate surface area is 113 Å². The molecule has 1 aromatic carbocycles. The van der Waals surface area contributed by atoms with E-state index in [1.165, 1.54) is 10.5 Å². The van der Waals surface area contributed by atoms with Crippen molar-refractivity contribution in [3.8, 4) is 0 Å². The quantitative estimate of drug-likeness (QED) is 0.821. The summed E-state index contributed by atoms with van der Waals surface area (Å²) >= 11 is 1.81. The van der Waals surface area contributed by atoms with E-state index in [9.17, 15) is 0 Å². The highest BCUT2D eigenvalue weighted by atomic mass is 32.2. The summed E-state index contributed by atoms with van der Waals surface area (Å²) in [6.07, 6.45) is 2.77. The molecule has 1 aromatic heterocycles. The number of rotatable bonds is 5. The van der Waals surface area contributed by atoms with E-state index in [0.29, 0.717) is 5.25 Å². The summed E-state index contributed by atoms with van der Waals surface area (Å²) in [5, 5.41) is 0.365. The minimum absolute atomic E-state index is 0.0514. The number of hydrogen-bond acceptors (Lipinski definition) is 3. The first-order valence-electron chi connectivity index (χ1n) is 6.23. The van der Waals surface area contributed by atoms with Crippen molar-refractivity contribution < 1.29 is 4.42 Å². The molecule has 2 atom stereocenters. The third kappa shape index (κ3) is 2.98. The molecule has 0 saturated carbocycles. The zero-order valence-corrected chi connectivity index (χ0v) is 11.6. The monoisotopic (exact) mass is 261 g/mol. The molecule has 18 heavy (non-hydrogen) atoms. The highest BCUT2D eigenvalue weighted by Gasteiger charge is 2.20. The molecule has 0 spiro atoms. The zero-order valence-electron chi connectivity index (χ0n) is 10.8. The van der Waals surface area contributed by atoms with Crippen LogP contribution in [0.25, 0.3) is 0 Å². The zero-order chi connectivity index (χ0) is 13.0. The third-order valence-electron chi connectivity index (χ3n) is 3.08. The van der Waals surface area contributed by atoms with Gasteiger partial charge in [-0.15, -0.1) is 11.8 Å². The Hall–Kier alpha value is -1.19. The van der Waals surface area contributed by atoms with Crippen LogP contribution in [-0.4, -0.2) is 5.25 Å². The average molecular weight is 261 g/mol. The van der Waals surface area contributed by atoms with Crippen molar-refractivity contribution >= 4 is 11.8 Å². The molecule has 96 valence electrons. The predicted molar refractivity (Wildman–Crippen MR) is 76.8 cm³/mol. The molecular formula is C15H19NOS. The fourth-order valence-electron chi connectivity index (χ4n) is 1.96. The number of benzene rings is 1. The molecule has 1 heterocycles. The Morgan fingerprint density at radius 3 is 2.50 bits per heavy atom. The van der Waals surface area contributed by atoms with Crippen LogP contribution in [0, 0.1) is 6.92 Å². The lowest BCUT2D eigenvalue weighted by Gasteiger charge is -2.22. The van der Waals surface area contributed by atoms with Crippen molar-refractivity contribution in [1.29, 1.82) is 0 Å². The highest BCUT2D eigenvalue weighted by Crippen LogP contribution is 2.34. The number of furan rings is 1. The largest absolute Gasteiger partial charge is 0.468 e. The van der Waals surface area contributed by atoms with Crippen LogP contribution in [0.15, 0.2) is 52.0 Å². The first kappa shape index (κ1) is 13.2. The maximum absolute atomic E-state index is 6.36. The summed E-state index contributed by atoms with van der Waals surface area (Å²) in [6, 6.07) is 12.3. The summed E-state index contributed by atoms with van der Waals surface area (Å²) in [5.41, 5.74) is 7.56. The second-order valence-corrected chi connectivity index (χ2v) is 5.62. The third-order valence-corrected chi connectivity index (χ3v) is 4.68. The summed E-state index contributed by atoms with van der Waals surface area (Å²) in [4.78, 5) is 1.19. The molecule has 0 radical (unpaired) electrons. The molecule has 2 unspecified atom stereocenters. The van der Waals surface area contributed by atoms with E-state index in [-0.39, 0.29) is 6.04 Å². The molecule has 0 aliphatic heterocycles. The van der Waals surface area contributed by atoms with Gasteiger partial charge in [-0.3, -0.25) is 0 Å². The van der Waals surface area contributed by atoms with Gasteiger partial charge in [0.1, 0.15) is 5.76 Å². The molecule has 0 bridgehead atoms. The summed E-state index contributed by atoms with van der Waals surface area (Å²) in [6.45, 7) is 4.17. The van der Waals surface area contributed by atoms with E-state index in [1.807, 2.05) is 31.2 Å². The first-order chi connectivity index (χ1) is 8.72. The maximum Gasteiger partial charge on any atom is 0.114 e. The fraction of sp³-hybridized carbons (Fsp3) is 0.333. The van der Waals surface area contributed by atoms with Crippen molar-refractivity contribution in [2.24, 2.45) is 5.73 Å². The topological polar surface area (TPSA) is 39.2 Å². The van der Waals surface area contributed by atoms with E-state index in [2.05, 4.69) is 19.1 Å². The first-order valence-corrected chi connectivity index (χ1v) is 7.11. The molecular weight excluding hydrogens is 242 g/mol. The van der Waals surface area contributed by atoms with Gasteiger partial charge in [0.25, 0.3) is 0 Å². The maximum atomic E-state index is 6.36. The van der Waals surface area contributed by atoms with Crippen LogP contribution in [0.4, 0.5) is 0 Å². The van der Waals surface area contributed by atoms with Gasteiger partial charge >= 0.3 is 0 Å². The van der Waals surface area contributed by atoms with Crippen LogP contribution in [0.5, 0.6) is 0 Å². The van der Waals surface area contributed by atoms with Gasteiger partial charge in [-0.2, -0.15) is 0 Å². The Bertz CT molecular complexity index is 480. The molecule has 2 nitrogen and oxygen atoms in total. The molecule has 2 rings (SSSR count). The van der Waals surface area contributed by atoms with Gasteiger partial charge in [0.15, 0.2) is 0 Å². The Kier molecular flexibility index (Phi) is 4.50. The van der Waals surface area contributed by atoms with Gasteiger partial charge in [0.05, 0.1) is 6.26 Å². The highest BCUT2D eigenvalue weighted by molar-refractivity contribution is 8.00. The molecule has 2 aromatic rings. The summed E-state index contributed by atoms with van der Waals surface area (Å²) in [7, 11) is 0. The van der Waals surface area contributed by atoms with Gasteiger partial charge in [-0.05, 0) is 25.0 Å². The fourth-order valence-corrected chi connectivity index (χ4v) is 3.10. The van der Waals surface area contributed by atoms with Gasteiger partial charge < -0.3 is 10.2 Å². The second kappa shape index (κ2) is 6.12. The summed E-state index contributed by atoms with van der Waals surface area (Å²) < 4.78 is 5.33. The van der Waals surface area contributed by atoms with E-state index in [0.717, 1.165) is 12.2 Å². The van der Waals surface area contributed by atoms with Crippen molar-refractivity contribution in [3.05, 3.63) is 54.0 Å². The molecule has 0 fully saturated rings. The molecule has 3 heteroatoms. The molecule has 0 aliphatic rings. The van der Waals surface area contributed by atoms with Gasteiger partial charge in [0.2, 0.25) is 0 Å². The van der Waals surface area contributed by atoms with Crippen molar-refractivity contribution in [2.45, 2.75) is 36.5 Å². The van der Waals surface area contributed by atoms with Gasteiger partial charge in [-0.25, -0.2) is 0 Å². The number of nitrogens with two attached hydrogens (primary N) is 1. The Morgan fingerprint density at radius 1 is 1.22 bits per heavy atom. The van der Waals surface area contributed by atoms with Crippen LogP contribution in [0.2, 0.25) is 0 Å². The van der Waals surface area contributed by atoms with Crippen LogP contribution >= 0.6 is 11.8 Å². The number of aryl methyl sites for hydroxylation is 1. The molecule has 0 amide bonds. The van der Waals surface area contributed by atoms with E-state index >= 15 is 0 Å². The van der Waals surface area contributed by atoms with Crippen LogP contribution < -0.4 is 5.73 Å². The summed E-state index contributed by atoms with van der Waals surface area (Å²) in [5.74, 6) is 0.971. The average Bonchev–Trinajstić information content (AvgIpc) is 2.81.